The second-order valence-electron chi connectivity index (χ2n) is 3.07. The van der Waals surface area contributed by atoms with E-state index in [1.165, 1.54) is 18.4 Å². The Labute approximate surface area is 67.6 Å². The third-order valence-corrected chi connectivity index (χ3v) is 2.07. The van der Waals surface area contributed by atoms with Crippen molar-refractivity contribution in [2.75, 3.05) is 0 Å². The first kappa shape index (κ1) is 6.66. The van der Waals surface area contributed by atoms with Crippen LogP contribution in [0.5, 0.6) is 0 Å². The highest BCUT2D eigenvalue weighted by molar-refractivity contribution is 5.18. The number of benzene rings is 1. The maximum atomic E-state index is 2.27. The lowest BCUT2D eigenvalue weighted by atomic mass is 10.1. The number of aryl methyl sites for hydroxylation is 1. The Morgan fingerprint density at radius 3 is 2.36 bits per heavy atom. The zero-order valence-corrected chi connectivity index (χ0v) is 6.53. The van der Waals surface area contributed by atoms with E-state index >= 15 is 0 Å². The third kappa shape index (κ3) is 1.94. The van der Waals surface area contributed by atoms with Gasteiger partial charge in [0.15, 0.2) is 0 Å². The second-order valence-corrected chi connectivity index (χ2v) is 3.07. The molecule has 0 bridgehead atoms. The summed E-state index contributed by atoms with van der Waals surface area (Å²) in [5, 5.41) is 0. The molecule has 0 N–H and O–H groups in total. The molecule has 0 saturated heterocycles. The van der Waals surface area contributed by atoms with Gasteiger partial charge >= 0.3 is 0 Å². The van der Waals surface area contributed by atoms with E-state index in [0.29, 0.717) is 0 Å². The minimum absolute atomic E-state index is 0.815. The van der Waals surface area contributed by atoms with Crippen LogP contribution in [0.1, 0.15) is 12.0 Å². The van der Waals surface area contributed by atoms with Gasteiger partial charge < -0.3 is 0 Å². The molecule has 1 aliphatic rings. The molecule has 56 valence electrons. The van der Waals surface area contributed by atoms with Gasteiger partial charge in [0.05, 0.1) is 0 Å². The lowest BCUT2D eigenvalue weighted by Gasteiger charge is -1.98. The molecule has 0 nitrogen and oxygen atoms in total. The van der Waals surface area contributed by atoms with Gasteiger partial charge in [0.1, 0.15) is 0 Å². The molecule has 0 amide bonds. The molecule has 0 fully saturated rings. The van der Waals surface area contributed by atoms with E-state index in [2.05, 4.69) is 42.5 Å². The minimum Gasteiger partial charge on any atom is -0.0810 e. The van der Waals surface area contributed by atoms with Crippen molar-refractivity contribution in [3.05, 3.63) is 48.0 Å². The predicted octanol–water partition coefficient (Wildman–Crippen LogP) is 2.81. The van der Waals surface area contributed by atoms with E-state index in [0.717, 1.165) is 5.92 Å². The molecule has 0 saturated carbocycles. The molecule has 0 aromatic heterocycles. The Bertz CT molecular complexity index is 240. The first-order valence-electron chi connectivity index (χ1n) is 4.17. The van der Waals surface area contributed by atoms with Crippen LogP contribution in [0, 0.1) is 5.92 Å². The maximum Gasteiger partial charge on any atom is -0.00499 e. The summed E-state index contributed by atoms with van der Waals surface area (Å²) in [6.07, 6.45) is 7.05. The van der Waals surface area contributed by atoms with Crippen LogP contribution in [0.3, 0.4) is 0 Å². The topological polar surface area (TPSA) is 0 Å². The van der Waals surface area contributed by atoms with E-state index in [4.69, 9.17) is 0 Å². The summed E-state index contributed by atoms with van der Waals surface area (Å²) in [4.78, 5) is 0. The maximum absolute atomic E-state index is 2.27. The van der Waals surface area contributed by atoms with Gasteiger partial charge in [-0.1, -0.05) is 42.5 Å². The van der Waals surface area contributed by atoms with Gasteiger partial charge in [0.25, 0.3) is 0 Å². The molecule has 0 aliphatic heterocycles. The summed E-state index contributed by atoms with van der Waals surface area (Å²) in [5.41, 5.74) is 1.46. The minimum atomic E-state index is 0.815. The quantitative estimate of drug-likeness (QED) is 0.572. The van der Waals surface area contributed by atoms with E-state index < -0.39 is 0 Å². The summed E-state index contributed by atoms with van der Waals surface area (Å²) < 4.78 is 0. The lowest BCUT2D eigenvalue weighted by Crippen LogP contribution is -1.85. The van der Waals surface area contributed by atoms with Gasteiger partial charge in [0, 0.05) is 0 Å². The molecular formula is C11H12. The van der Waals surface area contributed by atoms with Crippen LogP contribution in [-0.2, 0) is 6.42 Å². The zero-order valence-electron chi connectivity index (χ0n) is 6.53. The summed E-state index contributed by atoms with van der Waals surface area (Å²) in [6, 6.07) is 10.7. The Morgan fingerprint density at radius 1 is 1.00 bits per heavy atom. The Balaban J connectivity index is 1.85. The van der Waals surface area contributed by atoms with Crippen molar-refractivity contribution in [1.29, 1.82) is 0 Å². The van der Waals surface area contributed by atoms with Crippen LogP contribution in [0.15, 0.2) is 42.5 Å². The fourth-order valence-corrected chi connectivity index (χ4v) is 1.25. The summed E-state index contributed by atoms with van der Waals surface area (Å²) in [7, 11) is 0. The molecule has 0 radical (unpaired) electrons. The molecule has 11 heavy (non-hydrogen) atoms. The monoisotopic (exact) mass is 144 g/mol. The summed E-state index contributed by atoms with van der Waals surface area (Å²) in [5.74, 6) is 0.815. The van der Waals surface area contributed by atoms with Crippen molar-refractivity contribution in [1.82, 2.24) is 0 Å². The van der Waals surface area contributed by atoms with Gasteiger partial charge in [-0.3, -0.25) is 0 Å². The SMILES string of the molecule is C1=CC1CCc1ccccc1. The molecule has 1 aliphatic carbocycles. The van der Waals surface area contributed by atoms with Gasteiger partial charge in [0.2, 0.25) is 0 Å². The highest BCUT2D eigenvalue weighted by atomic mass is 14.1. The molecule has 0 heterocycles. The molecule has 0 heteroatoms. The van der Waals surface area contributed by atoms with Crippen LogP contribution in [0.4, 0.5) is 0 Å². The van der Waals surface area contributed by atoms with Crippen molar-refractivity contribution in [2.24, 2.45) is 5.92 Å². The van der Waals surface area contributed by atoms with E-state index in [9.17, 15) is 0 Å². The molecule has 1 aromatic rings. The highest BCUT2D eigenvalue weighted by Gasteiger charge is 2.09. The molecular weight excluding hydrogens is 132 g/mol. The van der Waals surface area contributed by atoms with Crippen molar-refractivity contribution < 1.29 is 0 Å². The summed E-state index contributed by atoms with van der Waals surface area (Å²) >= 11 is 0. The number of rotatable bonds is 3. The Hall–Kier alpha value is -1.04. The zero-order chi connectivity index (χ0) is 7.52. The first-order valence-corrected chi connectivity index (χ1v) is 4.17. The molecule has 2 rings (SSSR count). The highest BCUT2D eigenvalue weighted by Crippen LogP contribution is 2.21. The Kier molecular flexibility index (Phi) is 1.76. The average Bonchev–Trinajstić information content (AvgIpc) is 2.86. The first-order chi connectivity index (χ1) is 5.45. The molecule has 0 atom stereocenters. The fourth-order valence-electron chi connectivity index (χ4n) is 1.25. The lowest BCUT2D eigenvalue weighted by molar-refractivity contribution is 0.775. The second kappa shape index (κ2) is 2.91. The number of hydrogen-bond acceptors (Lipinski definition) is 0. The molecule has 0 spiro atoms. The van der Waals surface area contributed by atoms with Crippen molar-refractivity contribution in [2.45, 2.75) is 12.8 Å². The summed E-state index contributed by atoms with van der Waals surface area (Å²) in [6.45, 7) is 0. The fraction of sp³-hybridized carbons (Fsp3) is 0.273. The van der Waals surface area contributed by atoms with Crippen molar-refractivity contribution >= 4 is 0 Å². The van der Waals surface area contributed by atoms with E-state index in [1.807, 2.05) is 0 Å². The van der Waals surface area contributed by atoms with E-state index in [-0.39, 0.29) is 0 Å². The van der Waals surface area contributed by atoms with E-state index in [1.54, 1.807) is 0 Å². The smallest absolute Gasteiger partial charge is 0.00499 e. The standard InChI is InChI=1S/C11H12/c1-2-4-10(5-3-1)6-7-11-8-9-11/h1-5,8-9,11H,6-7H2. The van der Waals surface area contributed by atoms with Crippen LogP contribution in [0.25, 0.3) is 0 Å². The van der Waals surface area contributed by atoms with Crippen LogP contribution < -0.4 is 0 Å². The van der Waals surface area contributed by atoms with Crippen LogP contribution >= 0.6 is 0 Å². The number of hydrogen-bond donors (Lipinski definition) is 0. The molecule has 0 unspecified atom stereocenters. The third-order valence-electron chi connectivity index (χ3n) is 2.07. The van der Waals surface area contributed by atoms with Crippen molar-refractivity contribution in [3.8, 4) is 0 Å². The average molecular weight is 144 g/mol. The predicted molar refractivity (Wildman–Crippen MR) is 47.4 cm³/mol. The normalized spacial score (nSPS) is 15.3. The van der Waals surface area contributed by atoms with Crippen LogP contribution in [-0.4, -0.2) is 0 Å². The van der Waals surface area contributed by atoms with Gasteiger partial charge in [-0.2, -0.15) is 0 Å². The van der Waals surface area contributed by atoms with Crippen LogP contribution in [0.2, 0.25) is 0 Å². The van der Waals surface area contributed by atoms with Gasteiger partial charge in [-0.05, 0) is 24.3 Å². The largest absolute Gasteiger partial charge is 0.0810 e. The number of allylic oxidation sites excluding steroid dienone is 2. The van der Waals surface area contributed by atoms with Gasteiger partial charge in [-0.25, -0.2) is 0 Å². The van der Waals surface area contributed by atoms with Gasteiger partial charge in [-0.15, -0.1) is 0 Å². The Morgan fingerprint density at radius 2 is 1.73 bits per heavy atom. The molecule has 1 aromatic carbocycles. The van der Waals surface area contributed by atoms with Crippen molar-refractivity contribution in [3.63, 3.8) is 0 Å².